The van der Waals surface area contributed by atoms with Crippen molar-refractivity contribution in [3.63, 3.8) is 0 Å². The molecule has 1 rings (SSSR count). The Balaban J connectivity index is 2.31. The third kappa shape index (κ3) is 3.87. The maximum atomic E-state index is 9.54. The van der Waals surface area contributed by atoms with Gasteiger partial charge >= 0.3 is 0 Å². The van der Waals surface area contributed by atoms with Crippen LogP contribution in [0, 0.1) is 5.92 Å². The van der Waals surface area contributed by atoms with Crippen LogP contribution in [0.15, 0.2) is 0 Å². The van der Waals surface area contributed by atoms with E-state index in [0.29, 0.717) is 11.4 Å². The van der Waals surface area contributed by atoms with Gasteiger partial charge in [-0.1, -0.05) is 35.7 Å². The molecule has 3 heteroatoms. The Kier molecular flexibility index (Phi) is 5.42. The molecular weight excluding hydrogens is 242 g/mol. The van der Waals surface area contributed by atoms with Gasteiger partial charge in [-0.3, -0.25) is 0 Å². The summed E-state index contributed by atoms with van der Waals surface area (Å²) in [6.45, 7) is 3.13. The predicted octanol–water partition coefficient (Wildman–Crippen LogP) is 2.25. The van der Waals surface area contributed by atoms with Crippen LogP contribution in [0.1, 0.15) is 32.6 Å². The Bertz CT molecular complexity index is 165. The van der Waals surface area contributed by atoms with Crippen LogP contribution in [0.3, 0.4) is 0 Å². The molecule has 84 valence electrons. The Labute approximate surface area is 95.8 Å². The van der Waals surface area contributed by atoms with Crippen molar-refractivity contribution in [1.29, 1.82) is 0 Å². The first kappa shape index (κ1) is 12.5. The fourth-order valence-corrected chi connectivity index (χ4v) is 2.54. The van der Waals surface area contributed by atoms with E-state index in [9.17, 15) is 5.11 Å². The summed E-state index contributed by atoms with van der Waals surface area (Å²) < 4.78 is 0. The van der Waals surface area contributed by atoms with Gasteiger partial charge in [-0.15, -0.1) is 0 Å². The molecule has 0 aromatic carbocycles. The molecule has 0 radical (unpaired) electrons. The van der Waals surface area contributed by atoms with Crippen molar-refractivity contribution >= 4 is 15.9 Å². The predicted molar refractivity (Wildman–Crippen MR) is 63.9 cm³/mol. The van der Waals surface area contributed by atoms with Crippen molar-refractivity contribution in [2.45, 2.75) is 44.8 Å². The van der Waals surface area contributed by atoms with E-state index in [1.54, 1.807) is 0 Å². The number of aliphatic hydroxyl groups is 1. The van der Waals surface area contributed by atoms with Crippen molar-refractivity contribution in [2.24, 2.45) is 5.92 Å². The van der Waals surface area contributed by atoms with Gasteiger partial charge in [-0.05, 0) is 25.8 Å². The molecule has 1 saturated carbocycles. The van der Waals surface area contributed by atoms with Crippen LogP contribution in [0.5, 0.6) is 0 Å². The Morgan fingerprint density at radius 3 is 2.79 bits per heavy atom. The van der Waals surface area contributed by atoms with Crippen LogP contribution in [0.25, 0.3) is 0 Å². The zero-order valence-corrected chi connectivity index (χ0v) is 10.8. The number of hydrogen-bond acceptors (Lipinski definition) is 2. The average Bonchev–Trinajstić information content (AvgIpc) is 2.17. The lowest BCUT2D eigenvalue weighted by atomic mass is 9.86. The highest BCUT2D eigenvalue weighted by Gasteiger charge is 2.23. The minimum absolute atomic E-state index is 0.225. The normalized spacial score (nSPS) is 30.6. The average molecular weight is 264 g/mol. The fraction of sp³-hybridized carbons (Fsp3) is 1.00. The van der Waals surface area contributed by atoms with Crippen LogP contribution in [0.2, 0.25) is 0 Å². The molecule has 3 atom stereocenters. The summed E-state index contributed by atoms with van der Waals surface area (Å²) in [5, 5.41) is 10.2. The van der Waals surface area contributed by atoms with E-state index < -0.39 is 0 Å². The van der Waals surface area contributed by atoms with Crippen LogP contribution in [-0.4, -0.2) is 41.1 Å². The van der Waals surface area contributed by atoms with Gasteiger partial charge < -0.3 is 10.0 Å². The van der Waals surface area contributed by atoms with Gasteiger partial charge in [0, 0.05) is 17.9 Å². The number of nitrogens with zero attached hydrogens (tertiary/aromatic N) is 1. The molecule has 0 aromatic heterocycles. The lowest BCUT2D eigenvalue weighted by Crippen LogP contribution is -2.40. The first-order chi connectivity index (χ1) is 6.63. The molecule has 2 nitrogen and oxygen atoms in total. The van der Waals surface area contributed by atoms with E-state index in [4.69, 9.17) is 0 Å². The van der Waals surface area contributed by atoms with Crippen molar-refractivity contribution in [3.8, 4) is 0 Å². The topological polar surface area (TPSA) is 23.5 Å². The van der Waals surface area contributed by atoms with Gasteiger partial charge in [0.15, 0.2) is 0 Å². The summed E-state index contributed by atoms with van der Waals surface area (Å²) >= 11 is 3.30. The lowest BCUT2D eigenvalue weighted by Gasteiger charge is -2.34. The molecule has 3 unspecified atom stereocenters. The lowest BCUT2D eigenvalue weighted by molar-refractivity contribution is 0.0959. The largest absolute Gasteiger partial charge is 0.391 e. The molecule has 0 heterocycles. The van der Waals surface area contributed by atoms with Crippen LogP contribution >= 0.6 is 15.9 Å². The SMILES string of the molecule is CC1CCCC(N(C)CC(O)CBr)C1. The van der Waals surface area contributed by atoms with Crippen molar-refractivity contribution in [3.05, 3.63) is 0 Å². The number of rotatable bonds is 4. The monoisotopic (exact) mass is 263 g/mol. The minimum Gasteiger partial charge on any atom is -0.391 e. The number of likely N-dealkylation sites (N-methyl/N-ethyl adjacent to an activating group) is 1. The number of aliphatic hydroxyl groups excluding tert-OH is 1. The van der Waals surface area contributed by atoms with Gasteiger partial charge in [-0.25, -0.2) is 0 Å². The summed E-state index contributed by atoms with van der Waals surface area (Å²) in [5.41, 5.74) is 0. The molecule has 0 spiro atoms. The van der Waals surface area contributed by atoms with Gasteiger partial charge in [-0.2, -0.15) is 0 Å². The van der Waals surface area contributed by atoms with E-state index in [0.717, 1.165) is 12.5 Å². The Hall–Kier alpha value is 0.400. The standard InChI is InChI=1S/C11H22BrNO/c1-9-4-3-5-10(6-9)13(2)8-11(14)7-12/h9-11,14H,3-8H2,1-2H3. The summed E-state index contributed by atoms with van der Waals surface area (Å²) in [5.74, 6) is 0.859. The summed E-state index contributed by atoms with van der Waals surface area (Å²) in [6.07, 6.45) is 5.10. The summed E-state index contributed by atoms with van der Waals surface area (Å²) in [4.78, 5) is 2.32. The zero-order chi connectivity index (χ0) is 10.6. The van der Waals surface area contributed by atoms with E-state index in [-0.39, 0.29) is 6.10 Å². The molecule has 0 saturated heterocycles. The van der Waals surface area contributed by atoms with E-state index in [2.05, 4.69) is 34.8 Å². The van der Waals surface area contributed by atoms with E-state index in [1.165, 1.54) is 25.7 Å². The third-order valence-corrected chi connectivity index (χ3v) is 3.96. The smallest absolute Gasteiger partial charge is 0.0763 e. The first-order valence-electron chi connectivity index (χ1n) is 5.57. The van der Waals surface area contributed by atoms with Crippen molar-refractivity contribution < 1.29 is 5.11 Å². The summed E-state index contributed by atoms with van der Waals surface area (Å²) in [6, 6.07) is 0.687. The highest BCUT2D eigenvalue weighted by Crippen LogP contribution is 2.26. The van der Waals surface area contributed by atoms with Crippen molar-refractivity contribution in [2.75, 3.05) is 18.9 Å². The quantitative estimate of drug-likeness (QED) is 0.787. The number of alkyl halides is 1. The molecule has 0 aromatic rings. The van der Waals surface area contributed by atoms with Crippen molar-refractivity contribution in [1.82, 2.24) is 4.90 Å². The van der Waals surface area contributed by atoms with Gasteiger partial charge in [0.25, 0.3) is 0 Å². The molecule has 0 amide bonds. The number of hydrogen-bond donors (Lipinski definition) is 1. The van der Waals surface area contributed by atoms with Gasteiger partial charge in [0.1, 0.15) is 0 Å². The first-order valence-corrected chi connectivity index (χ1v) is 6.70. The molecule has 1 aliphatic rings. The molecule has 0 aliphatic heterocycles. The maximum Gasteiger partial charge on any atom is 0.0763 e. The zero-order valence-electron chi connectivity index (χ0n) is 9.25. The molecule has 0 bridgehead atoms. The van der Waals surface area contributed by atoms with Gasteiger partial charge in [0.2, 0.25) is 0 Å². The van der Waals surface area contributed by atoms with E-state index >= 15 is 0 Å². The molecule has 1 N–H and O–H groups in total. The summed E-state index contributed by atoms with van der Waals surface area (Å²) in [7, 11) is 2.13. The fourth-order valence-electron chi connectivity index (χ4n) is 2.33. The van der Waals surface area contributed by atoms with Crippen LogP contribution in [0.4, 0.5) is 0 Å². The second-order valence-electron chi connectivity index (χ2n) is 4.67. The van der Waals surface area contributed by atoms with Gasteiger partial charge in [0.05, 0.1) is 6.10 Å². The second-order valence-corrected chi connectivity index (χ2v) is 5.32. The molecule has 1 fully saturated rings. The van der Waals surface area contributed by atoms with Crippen LogP contribution in [-0.2, 0) is 0 Å². The minimum atomic E-state index is -0.225. The molecule has 1 aliphatic carbocycles. The second kappa shape index (κ2) is 6.09. The Morgan fingerprint density at radius 1 is 1.50 bits per heavy atom. The number of halogens is 1. The molecule has 14 heavy (non-hydrogen) atoms. The Morgan fingerprint density at radius 2 is 2.21 bits per heavy atom. The van der Waals surface area contributed by atoms with E-state index in [1.807, 2.05) is 0 Å². The molecular formula is C11H22BrNO. The third-order valence-electron chi connectivity index (χ3n) is 3.21. The van der Waals surface area contributed by atoms with Crippen LogP contribution < -0.4 is 0 Å². The highest BCUT2D eigenvalue weighted by molar-refractivity contribution is 9.09. The maximum absolute atomic E-state index is 9.54. The highest BCUT2D eigenvalue weighted by atomic mass is 79.9.